The molecule has 3 heteroatoms. The van der Waals surface area contributed by atoms with Crippen LogP contribution in [0.25, 0.3) is 0 Å². The quantitative estimate of drug-likeness (QED) is 0.509. The molecule has 0 radical (unpaired) electrons. The van der Waals surface area contributed by atoms with E-state index in [1.165, 1.54) is 0 Å². The Balaban J connectivity index is 2.45. The molecule has 9 heavy (non-hydrogen) atoms. The van der Waals surface area contributed by atoms with Crippen LogP contribution >= 0.6 is 0 Å². The van der Waals surface area contributed by atoms with E-state index in [1.54, 1.807) is 6.92 Å². The summed E-state index contributed by atoms with van der Waals surface area (Å²) in [4.78, 5) is 1.94. The molecule has 0 saturated carbocycles. The summed E-state index contributed by atoms with van der Waals surface area (Å²) >= 11 is 0. The van der Waals surface area contributed by atoms with E-state index in [4.69, 9.17) is 5.11 Å². The molecule has 0 amide bonds. The average Bonchev–Trinajstić information content (AvgIpc) is 2.13. The van der Waals surface area contributed by atoms with Gasteiger partial charge in [0.15, 0.2) is 0 Å². The van der Waals surface area contributed by atoms with E-state index >= 15 is 0 Å². The van der Waals surface area contributed by atoms with E-state index in [1.807, 2.05) is 24.3 Å². The highest BCUT2D eigenvalue weighted by Gasteiger charge is 2.18. The smallest absolute Gasteiger partial charge is 0.124 e. The van der Waals surface area contributed by atoms with Crippen LogP contribution in [0.3, 0.4) is 0 Å². The van der Waals surface area contributed by atoms with Gasteiger partial charge in [0, 0.05) is 19.4 Å². The van der Waals surface area contributed by atoms with Crippen LogP contribution in [0.4, 0.5) is 0 Å². The summed E-state index contributed by atoms with van der Waals surface area (Å²) in [6.07, 6.45) is 3.46. The topological polar surface area (TPSA) is 35.5 Å². The fourth-order valence-corrected chi connectivity index (χ4v) is 0.949. The van der Waals surface area contributed by atoms with Gasteiger partial charge in [-0.25, -0.2) is 0 Å². The van der Waals surface area contributed by atoms with Gasteiger partial charge in [-0.3, -0.25) is 0 Å². The Kier molecular flexibility index (Phi) is 1.62. The molecule has 2 N–H and O–H groups in total. The monoisotopic (exact) mass is 128 g/mol. The zero-order valence-corrected chi connectivity index (χ0v) is 5.70. The van der Waals surface area contributed by atoms with Gasteiger partial charge in [-0.2, -0.15) is 0 Å². The highest BCUT2D eigenvalue weighted by atomic mass is 16.3. The summed E-state index contributed by atoms with van der Waals surface area (Å²) in [5, 5.41) is 12.1. The summed E-state index contributed by atoms with van der Waals surface area (Å²) in [7, 11) is 1.92. The molecular weight excluding hydrogens is 116 g/mol. The van der Waals surface area contributed by atoms with Gasteiger partial charge in [0.1, 0.15) is 6.17 Å². The normalized spacial score (nSPS) is 28.3. The molecule has 1 unspecified atom stereocenters. The molecule has 0 aromatic carbocycles. The minimum absolute atomic E-state index is 0.0602. The van der Waals surface area contributed by atoms with Crippen molar-refractivity contribution in [2.24, 2.45) is 0 Å². The van der Waals surface area contributed by atoms with Crippen molar-refractivity contribution in [1.29, 1.82) is 0 Å². The Bertz CT molecular complexity index is 122. The SMILES string of the molecule is C[C@H](O)C1NC=CN1C. The predicted molar refractivity (Wildman–Crippen MR) is 35.5 cm³/mol. The molecule has 0 spiro atoms. The highest BCUT2D eigenvalue weighted by molar-refractivity contribution is 4.94. The Morgan fingerprint density at radius 2 is 2.44 bits per heavy atom. The zero-order chi connectivity index (χ0) is 6.85. The van der Waals surface area contributed by atoms with Gasteiger partial charge in [-0.05, 0) is 6.92 Å². The Labute approximate surface area is 55.0 Å². The molecular formula is C6H12N2O. The third-order valence-corrected chi connectivity index (χ3v) is 1.47. The van der Waals surface area contributed by atoms with Gasteiger partial charge in [0.2, 0.25) is 0 Å². The first-order chi connectivity index (χ1) is 4.22. The first-order valence-electron chi connectivity index (χ1n) is 3.04. The van der Waals surface area contributed by atoms with Crippen molar-refractivity contribution in [2.45, 2.75) is 19.2 Å². The minimum Gasteiger partial charge on any atom is -0.389 e. The fraction of sp³-hybridized carbons (Fsp3) is 0.667. The maximum Gasteiger partial charge on any atom is 0.124 e. The van der Waals surface area contributed by atoms with Gasteiger partial charge in [-0.1, -0.05) is 0 Å². The largest absolute Gasteiger partial charge is 0.389 e. The lowest BCUT2D eigenvalue weighted by atomic mass is 10.3. The van der Waals surface area contributed by atoms with Crippen molar-refractivity contribution in [2.75, 3.05) is 7.05 Å². The van der Waals surface area contributed by atoms with Gasteiger partial charge < -0.3 is 15.3 Å². The second kappa shape index (κ2) is 2.27. The Hall–Kier alpha value is -0.700. The van der Waals surface area contributed by atoms with Gasteiger partial charge in [0.05, 0.1) is 6.10 Å². The molecule has 1 aliphatic heterocycles. The Morgan fingerprint density at radius 3 is 2.67 bits per heavy atom. The lowest BCUT2D eigenvalue weighted by Crippen LogP contribution is -2.41. The molecule has 0 aromatic rings. The summed E-state index contributed by atoms with van der Waals surface area (Å²) in [6.45, 7) is 1.77. The van der Waals surface area contributed by atoms with Crippen LogP contribution in [0.5, 0.6) is 0 Å². The van der Waals surface area contributed by atoms with Gasteiger partial charge in [-0.15, -0.1) is 0 Å². The number of nitrogens with one attached hydrogen (secondary N) is 1. The van der Waals surface area contributed by atoms with Crippen LogP contribution < -0.4 is 5.32 Å². The predicted octanol–water partition coefficient (Wildman–Crippen LogP) is -0.301. The molecule has 3 nitrogen and oxygen atoms in total. The van der Waals surface area contributed by atoms with E-state index < -0.39 is 0 Å². The lowest BCUT2D eigenvalue weighted by Gasteiger charge is -2.23. The maximum absolute atomic E-state index is 9.08. The molecule has 52 valence electrons. The van der Waals surface area contributed by atoms with Gasteiger partial charge >= 0.3 is 0 Å². The molecule has 1 rings (SSSR count). The van der Waals surface area contributed by atoms with Crippen LogP contribution in [-0.4, -0.2) is 29.3 Å². The van der Waals surface area contributed by atoms with Crippen molar-refractivity contribution in [3.05, 3.63) is 12.4 Å². The van der Waals surface area contributed by atoms with Crippen LogP contribution in [-0.2, 0) is 0 Å². The minimum atomic E-state index is -0.329. The first-order valence-corrected chi connectivity index (χ1v) is 3.04. The van der Waals surface area contributed by atoms with Crippen molar-refractivity contribution < 1.29 is 5.11 Å². The van der Waals surface area contributed by atoms with Crippen molar-refractivity contribution in [1.82, 2.24) is 10.2 Å². The van der Waals surface area contributed by atoms with Crippen LogP contribution in [0.1, 0.15) is 6.92 Å². The molecule has 1 aliphatic rings. The van der Waals surface area contributed by atoms with E-state index in [2.05, 4.69) is 5.32 Å². The van der Waals surface area contributed by atoms with Crippen LogP contribution in [0, 0.1) is 0 Å². The Morgan fingerprint density at radius 1 is 1.78 bits per heavy atom. The van der Waals surface area contributed by atoms with E-state index in [0.29, 0.717) is 0 Å². The number of rotatable bonds is 1. The molecule has 0 saturated heterocycles. The average molecular weight is 128 g/mol. The molecule has 2 atom stereocenters. The van der Waals surface area contributed by atoms with E-state index in [0.717, 1.165) is 0 Å². The van der Waals surface area contributed by atoms with Crippen molar-refractivity contribution in [3.8, 4) is 0 Å². The molecule has 0 aromatic heterocycles. The number of nitrogens with zero attached hydrogens (tertiary/aromatic N) is 1. The lowest BCUT2D eigenvalue weighted by molar-refractivity contribution is 0.0984. The highest BCUT2D eigenvalue weighted by Crippen LogP contribution is 2.04. The first kappa shape index (κ1) is 6.42. The molecule has 1 heterocycles. The third-order valence-electron chi connectivity index (χ3n) is 1.47. The maximum atomic E-state index is 9.08. The summed E-state index contributed by atoms with van der Waals surface area (Å²) in [5.74, 6) is 0. The number of hydrogen-bond acceptors (Lipinski definition) is 3. The molecule has 0 fully saturated rings. The fourth-order valence-electron chi connectivity index (χ4n) is 0.949. The van der Waals surface area contributed by atoms with Crippen LogP contribution in [0.15, 0.2) is 12.4 Å². The van der Waals surface area contributed by atoms with Crippen molar-refractivity contribution >= 4 is 0 Å². The molecule has 0 aliphatic carbocycles. The second-order valence-corrected chi connectivity index (χ2v) is 2.33. The zero-order valence-electron chi connectivity index (χ0n) is 5.70. The summed E-state index contributed by atoms with van der Waals surface area (Å²) < 4.78 is 0. The van der Waals surface area contributed by atoms with E-state index in [-0.39, 0.29) is 12.3 Å². The summed E-state index contributed by atoms with van der Waals surface area (Å²) in [5.41, 5.74) is 0. The summed E-state index contributed by atoms with van der Waals surface area (Å²) in [6, 6.07) is 0. The van der Waals surface area contributed by atoms with E-state index in [9.17, 15) is 0 Å². The molecule has 0 bridgehead atoms. The third kappa shape index (κ3) is 1.16. The van der Waals surface area contributed by atoms with Crippen molar-refractivity contribution in [3.63, 3.8) is 0 Å². The standard InChI is InChI=1S/C6H12N2O/c1-5(9)6-7-3-4-8(6)2/h3-7,9H,1-2H3/t5-,6?/m0/s1. The number of likely N-dealkylation sites (N-methyl/N-ethyl adjacent to an activating group) is 1. The van der Waals surface area contributed by atoms with Gasteiger partial charge in [0.25, 0.3) is 0 Å². The second-order valence-electron chi connectivity index (χ2n) is 2.33. The number of hydrogen-bond donors (Lipinski definition) is 2. The van der Waals surface area contributed by atoms with Crippen LogP contribution in [0.2, 0.25) is 0 Å². The number of aliphatic hydroxyl groups is 1. The number of aliphatic hydroxyl groups excluding tert-OH is 1.